The smallest absolute Gasteiger partial charge is 0.127 e. The van der Waals surface area contributed by atoms with Crippen LogP contribution in [0.5, 0.6) is 11.5 Å². The summed E-state index contributed by atoms with van der Waals surface area (Å²) in [5, 5.41) is 0. The maximum absolute atomic E-state index is 5.70. The molecule has 16 heavy (non-hydrogen) atoms. The predicted molar refractivity (Wildman–Crippen MR) is 66.2 cm³/mol. The SMILES string of the molecule is C=NCc1cccc(Oc2ccccc2)c1. The van der Waals surface area contributed by atoms with Gasteiger partial charge >= 0.3 is 0 Å². The van der Waals surface area contributed by atoms with Gasteiger partial charge in [0.1, 0.15) is 11.5 Å². The molecule has 0 bridgehead atoms. The number of benzene rings is 2. The molecule has 2 rings (SSSR count). The molecule has 0 radical (unpaired) electrons. The summed E-state index contributed by atoms with van der Waals surface area (Å²) in [6, 6.07) is 17.6. The topological polar surface area (TPSA) is 21.6 Å². The van der Waals surface area contributed by atoms with E-state index in [1.807, 2.05) is 54.6 Å². The fourth-order valence-electron chi connectivity index (χ4n) is 1.46. The first kappa shape index (κ1) is 10.4. The first-order chi connectivity index (χ1) is 7.88. The van der Waals surface area contributed by atoms with Crippen molar-refractivity contribution < 1.29 is 4.74 Å². The van der Waals surface area contributed by atoms with Crippen molar-refractivity contribution in [2.24, 2.45) is 4.99 Å². The zero-order valence-corrected chi connectivity index (χ0v) is 8.97. The third-order valence-corrected chi connectivity index (χ3v) is 2.17. The lowest BCUT2D eigenvalue weighted by Crippen LogP contribution is -1.86. The molecular weight excluding hydrogens is 198 g/mol. The van der Waals surface area contributed by atoms with Crippen molar-refractivity contribution in [1.29, 1.82) is 0 Å². The molecule has 0 heterocycles. The van der Waals surface area contributed by atoms with Crippen LogP contribution in [0.3, 0.4) is 0 Å². The molecule has 2 nitrogen and oxygen atoms in total. The van der Waals surface area contributed by atoms with Gasteiger partial charge in [-0.15, -0.1) is 0 Å². The van der Waals surface area contributed by atoms with Gasteiger partial charge < -0.3 is 4.74 Å². The number of rotatable bonds is 4. The molecule has 0 aliphatic rings. The zero-order chi connectivity index (χ0) is 11.2. The number of ether oxygens (including phenoxy) is 1. The summed E-state index contributed by atoms with van der Waals surface area (Å²) < 4.78 is 5.70. The van der Waals surface area contributed by atoms with E-state index < -0.39 is 0 Å². The highest BCUT2D eigenvalue weighted by Crippen LogP contribution is 2.21. The Morgan fingerprint density at radius 3 is 2.44 bits per heavy atom. The minimum atomic E-state index is 0.617. The van der Waals surface area contributed by atoms with Crippen molar-refractivity contribution >= 4 is 6.72 Å². The average molecular weight is 211 g/mol. The summed E-state index contributed by atoms with van der Waals surface area (Å²) in [5.74, 6) is 1.67. The average Bonchev–Trinajstić information content (AvgIpc) is 2.31. The Labute approximate surface area is 95.2 Å². The fourth-order valence-corrected chi connectivity index (χ4v) is 1.46. The van der Waals surface area contributed by atoms with Crippen LogP contribution in [0, 0.1) is 0 Å². The number of para-hydroxylation sites is 1. The van der Waals surface area contributed by atoms with Gasteiger partial charge in [-0.05, 0) is 36.5 Å². The van der Waals surface area contributed by atoms with Crippen molar-refractivity contribution in [1.82, 2.24) is 0 Å². The van der Waals surface area contributed by atoms with E-state index in [1.165, 1.54) is 0 Å². The van der Waals surface area contributed by atoms with Gasteiger partial charge in [-0.3, -0.25) is 4.99 Å². The summed E-state index contributed by atoms with van der Waals surface area (Å²) in [6.07, 6.45) is 0. The number of hydrogen-bond donors (Lipinski definition) is 0. The summed E-state index contributed by atoms with van der Waals surface area (Å²) >= 11 is 0. The Hall–Kier alpha value is -2.09. The fraction of sp³-hybridized carbons (Fsp3) is 0.0714. The van der Waals surface area contributed by atoms with Crippen LogP contribution in [-0.2, 0) is 6.54 Å². The Morgan fingerprint density at radius 1 is 0.938 bits per heavy atom. The van der Waals surface area contributed by atoms with Gasteiger partial charge in [-0.2, -0.15) is 0 Å². The first-order valence-electron chi connectivity index (χ1n) is 5.13. The van der Waals surface area contributed by atoms with Gasteiger partial charge in [0.2, 0.25) is 0 Å². The maximum Gasteiger partial charge on any atom is 0.127 e. The van der Waals surface area contributed by atoms with Gasteiger partial charge in [-0.1, -0.05) is 30.3 Å². The maximum atomic E-state index is 5.70. The second kappa shape index (κ2) is 5.12. The van der Waals surface area contributed by atoms with Crippen LogP contribution in [0.15, 0.2) is 59.6 Å². The van der Waals surface area contributed by atoms with Gasteiger partial charge in [0.15, 0.2) is 0 Å². The second-order valence-corrected chi connectivity index (χ2v) is 3.44. The summed E-state index contributed by atoms with van der Waals surface area (Å²) in [6.45, 7) is 4.10. The molecule has 0 fully saturated rings. The van der Waals surface area contributed by atoms with Crippen LogP contribution in [0.2, 0.25) is 0 Å². The Balaban J connectivity index is 2.15. The third-order valence-electron chi connectivity index (χ3n) is 2.17. The van der Waals surface area contributed by atoms with E-state index in [-0.39, 0.29) is 0 Å². The Kier molecular flexibility index (Phi) is 3.34. The summed E-state index contributed by atoms with van der Waals surface area (Å²) in [5.41, 5.74) is 1.10. The highest BCUT2D eigenvalue weighted by molar-refractivity contribution is 5.34. The third kappa shape index (κ3) is 2.70. The number of nitrogens with zero attached hydrogens (tertiary/aromatic N) is 1. The minimum absolute atomic E-state index is 0.617. The summed E-state index contributed by atoms with van der Waals surface area (Å²) in [4.78, 5) is 3.85. The first-order valence-corrected chi connectivity index (χ1v) is 5.13. The zero-order valence-electron chi connectivity index (χ0n) is 8.97. The standard InChI is InChI=1S/C14H13NO/c1-15-11-12-6-5-9-14(10-12)16-13-7-3-2-4-8-13/h2-10H,1,11H2. The quantitative estimate of drug-likeness (QED) is 0.707. The molecule has 2 aromatic carbocycles. The van der Waals surface area contributed by atoms with Crippen molar-refractivity contribution in [3.8, 4) is 11.5 Å². The lowest BCUT2D eigenvalue weighted by molar-refractivity contribution is 0.482. The molecule has 0 N–H and O–H groups in total. The molecule has 0 spiro atoms. The molecule has 0 aliphatic heterocycles. The molecule has 0 atom stereocenters. The lowest BCUT2D eigenvalue weighted by Gasteiger charge is -2.06. The van der Waals surface area contributed by atoms with Crippen LogP contribution in [0.25, 0.3) is 0 Å². The second-order valence-electron chi connectivity index (χ2n) is 3.44. The van der Waals surface area contributed by atoms with E-state index in [4.69, 9.17) is 4.74 Å². The van der Waals surface area contributed by atoms with E-state index in [1.54, 1.807) is 0 Å². The van der Waals surface area contributed by atoms with Gasteiger partial charge in [0.05, 0.1) is 6.54 Å². The van der Waals surface area contributed by atoms with Crippen LogP contribution in [0.4, 0.5) is 0 Å². The van der Waals surface area contributed by atoms with Crippen molar-refractivity contribution in [2.45, 2.75) is 6.54 Å². The predicted octanol–water partition coefficient (Wildman–Crippen LogP) is 3.68. The van der Waals surface area contributed by atoms with Gasteiger partial charge in [0.25, 0.3) is 0 Å². The van der Waals surface area contributed by atoms with Crippen LogP contribution in [0.1, 0.15) is 5.56 Å². The Bertz CT molecular complexity index is 465. The van der Waals surface area contributed by atoms with Crippen molar-refractivity contribution in [3.63, 3.8) is 0 Å². The van der Waals surface area contributed by atoms with E-state index in [0.717, 1.165) is 17.1 Å². The molecule has 80 valence electrons. The molecule has 0 saturated carbocycles. The molecule has 2 aromatic rings. The molecular formula is C14H13NO. The number of aliphatic imine (C=N–C) groups is 1. The van der Waals surface area contributed by atoms with E-state index in [2.05, 4.69) is 11.7 Å². The molecule has 0 aromatic heterocycles. The molecule has 0 unspecified atom stereocenters. The van der Waals surface area contributed by atoms with E-state index in [0.29, 0.717) is 6.54 Å². The van der Waals surface area contributed by atoms with Crippen LogP contribution < -0.4 is 4.74 Å². The van der Waals surface area contributed by atoms with Crippen molar-refractivity contribution in [3.05, 3.63) is 60.2 Å². The van der Waals surface area contributed by atoms with Gasteiger partial charge in [-0.25, -0.2) is 0 Å². The monoisotopic (exact) mass is 211 g/mol. The largest absolute Gasteiger partial charge is 0.457 e. The molecule has 0 saturated heterocycles. The Morgan fingerprint density at radius 2 is 1.69 bits per heavy atom. The normalized spacial score (nSPS) is 9.75. The highest BCUT2D eigenvalue weighted by Gasteiger charge is 1.97. The minimum Gasteiger partial charge on any atom is -0.457 e. The van der Waals surface area contributed by atoms with E-state index in [9.17, 15) is 0 Å². The van der Waals surface area contributed by atoms with Crippen LogP contribution in [-0.4, -0.2) is 6.72 Å². The summed E-state index contributed by atoms with van der Waals surface area (Å²) in [7, 11) is 0. The molecule has 2 heteroatoms. The van der Waals surface area contributed by atoms with Crippen LogP contribution >= 0.6 is 0 Å². The highest BCUT2D eigenvalue weighted by atomic mass is 16.5. The lowest BCUT2D eigenvalue weighted by atomic mass is 10.2. The number of hydrogen-bond acceptors (Lipinski definition) is 2. The molecule has 0 amide bonds. The van der Waals surface area contributed by atoms with Crippen molar-refractivity contribution in [2.75, 3.05) is 0 Å². The van der Waals surface area contributed by atoms with Gasteiger partial charge in [0, 0.05) is 0 Å². The molecule has 0 aliphatic carbocycles. The van der Waals surface area contributed by atoms with E-state index >= 15 is 0 Å².